The molecule has 0 aliphatic carbocycles. The van der Waals surface area contributed by atoms with Crippen molar-refractivity contribution >= 4 is 21.4 Å². The van der Waals surface area contributed by atoms with Gasteiger partial charge in [0.15, 0.2) is 0 Å². The summed E-state index contributed by atoms with van der Waals surface area (Å²) in [7, 11) is -2.23. The maximum Gasteiger partial charge on any atom is 0.137 e. The Hall–Kier alpha value is -1.07. The second-order valence-electron chi connectivity index (χ2n) is 3.51. The van der Waals surface area contributed by atoms with Gasteiger partial charge < -0.3 is 5.32 Å². The minimum absolute atomic E-state index is 0.634. The quantitative estimate of drug-likeness (QED) is 0.694. The first-order chi connectivity index (χ1) is 6.54. The van der Waals surface area contributed by atoms with Gasteiger partial charge in [0.2, 0.25) is 0 Å². The zero-order valence-electron chi connectivity index (χ0n) is 8.04. The van der Waals surface area contributed by atoms with Gasteiger partial charge in [0.25, 0.3) is 0 Å². The second-order valence-corrected chi connectivity index (χ2v) is 5.73. The molecule has 0 saturated heterocycles. The number of anilines is 1. The van der Waals surface area contributed by atoms with Gasteiger partial charge in [-0.1, -0.05) is 6.07 Å². The molecular weight excluding hydrogens is 198 g/mol. The monoisotopic (exact) mass is 211 g/mol. The van der Waals surface area contributed by atoms with E-state index in [1.54, 1.807) is 6.26 Å². The maximum atomic E-state index is 11.4. The number of aromatic nitrogens is 1. The fraction of sp³-hybridized carbons (Fsp3) is 0.333. The summed E-state index contributed by atoms with van der Waals surface area (Å²) in [6, 6.07) is 3.83. The lowest BCUT2D eigenvalue weighted by Crippen LogP contribution is -2.11. The number of rotatable bonds is 2. The number of nitrogens with one attached hydrogen (secondary N) is 2. The first kappa shape index (κ1) is 9.48. The van der Waals surface area contributed by atoms with E-state index in [1.807, 2.05) is 12.1 Å². The van der Waals surface area contributed by atoms with Crippen molar-refractivity contribution in [2.24, 2.45) is 0 Å². The number of pyridine rings is 1. The molecule has 5 heteroatoms. The molecule has 0 aromatic carbocycles. The maximum absolute atomic E-state index is 11.4. The van der Waals surface area contributed by atoms with Gasteiger partial charge in [-0.3, -0.25) is 4.72 Å². The van der Waals surface area contributed by atoms with Crippen molar-refractivity contribution in [2.45, 2.75) is 13.1 Å². The normalized spacial score (nSPS) is 18.6. The van der Waals surface area contributed by atoms with Crippen LogP contribution in [0.25, 0.3) is 0 Å². The van der Waals surface area contributed by atoms with Crippen LogP contribution >= 0.6 is 0 Å². The van der Waals surface area contributed by atoms with Crippen molar-refractivity contribution in [1.82, 2.24) is 10.3 Å². The van der Waals surface area contributed by atoms with Gasteiger partial charge in [-0.15, -0.1) is 0 Å². The topological polar surface area (TPSA) is 54.0 Å². The van der Waals surface area contributed by atoms with Crippen molar-refractivity contribution in [3.63, 3.8) is 0 Å². The molecule has 0 fully saturated rings. The van der Waals surface area contributed by atoms with Crippen LogP contribution in [0.5, 0.6) is 0 Å². The molecule has 14 heavy (non-hydrogen) atoms. The lowest BCUT2D eigenvalue weighted by atomic mass is 10.2. The third-order valence-electron chi connectivity index (χ3n) is 2.00. The van der Waals surface area contributed by atoms with Crippen LogP contribution in [0.4, 0.5) is 5.82 Å². The van der Waals surface area contributed by atoms with Gasteiger partial charge in [-0.25, -0.2) is 9.19 Å². The van der Waals surface area contributed by atoms with Crippen LogP contribution < -0.4 is 10.0 Å². The van der Waals surface area contributed by atoms with Crippen LogP contribution in [0.3, 0.4) is 0 Å². The Balaban J connectivity index is 2.29. The minimum atomic E-state index is -2.23. The summed E-state index contributed by atoms with van der Waals surface area (Å²) in [6.07, 6.45) is 1.56. The molecule has 1 aliphatic heterocycles. The Morgan fingerprint density at radius 2 is 2.36 bits per heavy atom. The van der Waals surface area contributed by atoms with E-state index >= 15 is 0 Å². The molecule has 1 aromatic rings. The average Bonchev–Trinajstić information content (AvgIpc) is 2.47. The van der Waals surface area contributed by atoms with Crippen LogP contribution in [-0.4, -0.2) is 21.3 Å². The Bertz CT molecular complexity index is 453. The van der Waals surface area contributed by atoms with Crippen LogP contribution in [0.15, 0.2) is 12.1 Å². The number of hydrogen-bond acceptors (Lipinski definition) is 3. The molecule has 0 spiro atoms. The van der Waals surface area contributed by atoms with Gasteiger partial charge in [-0.2, -0.15) is 0 Å². The molecule has 0 bridgehead atoms. The Kier molecular flexibility index (Phi) is 2.20. The molecule has 1 aliphatic rings. The number of nitrogens with zero attached hydrogens (tertiary/aromatic N) is 1. The zero-order valence-corrected chi connectivity index (χ0v) is 8.86. The minimum Gasteiger partial charge on any atom is -0.307 e. The number of hydrogen-bond donors (Lipinski definition) is 2. The lowest BCUT2D eigenvalue weighted by molar-refractivity contribution is 0.688. The average molecular weight is 211 g/mol. The molecule has 2 heterocycles. The molecule has 2 rings (SSSR count). The second kappa shape index (κ2) is 3.25. The Labute approximate surface area is 83.9 Å². The van der Waals surface area contributed by atoms with E-state index in [1.165, 1.54) is 5.56 Å². The van der Waals surface area contributed by atoms with E-state index in [9.17, 15) is 4.21 Å². The van der Waals surface area contributed by atoms with Gasteiger partial charge >= 0.3 is 0 Å². The summed E-state index contributed by atoms with van der Waals surface area (Å²) < 4.78 is 14.2. The highest BCUT2D eigenvalue weighted by molar-refractivity contribution is 8.00. The summed E-state index contributed by atoms with van der Waals surface area (Å²) in [4.78, 5) is 4.35. The first-order valence-corrected chi connectivity index (χ1v) is 6.48. The van der Waals surface area contributed by atoms with E-state index in [0.29, 0.717) is 5.82 Å². The first-order valence-electron chi connectivity index (χ1n) is 4.34. The molecule has 2 N–H and O–H groups in total. The molecule has 1 atom stereocenters. The van der Waals surface area contributed by atoms with Crippen LogP contribution in [0, 0.1) is 0 Å². The van der Waals surface area contributed by atoms with E-state index < -0.39 is 9.71 Å². The largest absolute Gasteiger partial charge is 0.307 e. The summed E-state index contributed by atoms with van der Waals surface area (Å²) >= 11 is 0. The van der Waals surface area contributed by atoms with Crippen molar-refractivity contribution in [2.75, 3.05) is 11.0 Å². The van der Waals surface area contributed by atoms with E-state index in [0.717, 1.165) is 18.8 Å². The molecule has 1 aromatic heterocycles. The summed E-state index contributed by atoms with van der Waals surface area (Å²) in [6.45, 7) is 1.65. The predicted octanol–water partition coefficient (Wildman–Crippen LogP) is 0.358. The molecule has 1 unspecified atom stereocenters. The Morgan fingerprint density at radius 1 is 1.57 bits per heavy atom. The van der Waals surface area contributed by atoms with Crippen molar-refractivity contribution < 1.29 is 4.21 Å². The molecule has 0 amide bonds. The van der Waals surface area contributed by atoms with Crippen LogP contribution in [-0.2, 0) is 22.8 Å². The molecule has 4 nitrogen and oxygen atoms in total. The van der Waals surface area contributed by atoms with Crippen LogP contribution in [0.1, 0.15) is 11.3 Å². The summed E-state index contributed by atoms with van der Waals surface area (Å²) in [5.74, 6) is 4.15. The standard InChI is InChI=1S/C9H13N3OS/c1-14(2,13)12-9-4-3-7-5-10-6-8(7)11-9/h3-4,10H,1,5-6H2,2H3,(H,11,12,13). The highest BCUT2D eigenvalue weighted by Crippen LogP contribution is 2.16. The van der Waals surface area contributed by atoms with E-state index in [2.05, 4.69) is 20.9 Å². The predicted molar refractivity (Wildman–Crippen MR) is 59.6 cm³/mol. The number of fused-ring (bicyclic) bond motifs is 1. The van der Waals surface area contributed by atoms with Gasteiger partial charge in [0, 0.05) is 29.1 Å². The lowest BCUT2D eigenvalue weighted by Gasteiger charge is -2.07. The third kappa shape index (κ3) is 2.05. The molecule has 0 saturated carbocycles. The van der Waals surface area contributed by atoms with Gasteiger partial charge in [-0.05, 0) is 17.5 Å². The van der Waals surface area contributed by atoms with Crippen molar-refractivity contribution in [1.29, 1.82) is 0 Å². The zero-order chi connectivity index (χ0) is 10.2. The molecule has 0 radical (unpaired) electrons. The van der Waals surface area contributed by atoms with E-state index in [4.69, 9.17) is 0 Å². The van der Waals surface area contributed by atoms with Gasteiger partial charge in [0.05, 0.1) is 5.69 Å². The fourth-order valence-electron chi connectivity index (χ4n) is 1.44. The van der Waals surface area contributed by atoms with E-state index in [-0.39, 0.29) is 0 Å². The Morgan fingerprint density at radius 3 is 3.07 bits per heavy atom. The van der Waals surface area contributed by atoms with Gasteiger partial charge in [0.1, 0.15) is 5.82 Å². The highest BCUT2D eigenvalue weighted by atomic mass is 32.2. The summed E-state index contributed by atoms with van der Waals surface area (Å²) in [5.41, 5.74) is 2.24. The highest BCUT2D eigenvalue weighted by Gasteiger charge is 2.11. The van der Waals surface area contributed by atoms with Crippen molar-refractivity contribution in [3.8, 4) is 0 Å². The SMILES string of the molecule is C=S(C)(=O)Nc1ccc2c(n1)CNC2. The smallest absolute Gasteiger partial charge is 0.137 e. The fourth-order valence-corrected chi connectivity index (χ4v) is 1.99. The molecular formula is C9H13N3OS. The third-order valence-corrected chi connectivity index (χ3v) is 2.64. The summed E-state index contributed by atoms with van der Waals surface area (Å²) in [5, 5.41) is 3.20. The molecule has 76 valence electrons. The van der Waals surface area contributed by atoms with Crippen LogP contribution in [0.2, 0.25) is 0 Å². The van der Waals surface area contributed by atoms with Crippen molar-refractivity contribution in [3.05, 3.63) is 23.4 Å².